The zero-order chi connectivity index (χ0) is 20.1. The Hall–Kier alpha value is -2.09. The van der Waals surface area contributed by atoms with Crippen molar-refractivity contribution < 1.29 is 9.13 Å². The number of ether oxygens (including phenoxy) is 1. The molecule has 3 rings (SSSR count). The molecule has 0 aliphatic rings. The zero-order valence-electron chi connectivity index (χ0n) is 16.0. The number of benzene rings is 2. The van der Waals surface area contributed by atoms with Gasteiger partial charge in [-0.2, -0.15) is 0 Å². The Morgan fingerprint density at radius 2 is 1.79 bits per heavy atom. The van der Waals surface area contributed by atoms with E-state index in [2.05, 4.69) is 22.0 Å². The molecule has 0 unspecified atom stereocenters. The normalized spacial score (nSPS) is 12.4. The molecule has 2 aromatic carbocycles. The van der Waals surface area contributed by atoms with Gasteiger partial charge in [0.25, 0.3) is 0 Å². The van der Waals surface area contributed by atoms with Crippen LogP contribution in [0.1, 0.15) is 18.8 Å². The van der Waals surface area contributed by atoms with Crippen LogP contribution in [0, 0.1) is 5.82 Å². The van der Waals surface area contributed by atoms with Gasteiger partial charge in [0.1, 0.15) is 11.6 Å². The summed E-state index contributed by atoms with van der Waals surface area (Å²) >= 11 is 7.60. The fourth-order valence-corrected chi connectivity index (χ4v) is 3.43. The first kappa shape index (κ1) is 20.6. The van der Waals surface area contributed by atoms with E-state index < -0.39 is 0 Å². The number of hydrogen-bond acceptors (Lipinski definition) is 5. The molecule has 0 amide bonds. The van der Waals surface area contributed by atoms with Gasteiger partial charge in [-0.3, -0.25) is 9.47 Å². The lowest BCUT2D eigenvalue weighted by Gasteiger charge is -2.20. The van der Waals surface area contributed by atoms with Crippen LogP contribution in [0.4, 0.5) is 4.39 Å². The second-order valence-electron chi connectivity index (χ2n) is 6.44. The molecule has 0 N–H and O–H groups in total. The molecule has 5 nitrogen and oxygen atoms in total. The van der Waals surface area contributed by atoms with Gasteiger partial charge >= 0.3 is 0 Å². The second-order valence-corrected chi connectivity index (χ2v) is 7.94. The van der Waals surface area contributed by atoms with Crippen LogP contribution in [-0.4, -0.2) is 46.1 Å². The minimum Gasteiger partial charge on any atom is -0.493 e. The molecule has 0 aliphatic heterocycles. The fourth-order valence-electron chi connectivity index (χ4n) is 2.53. The highest BCUT2D eigenvalue weighted by Gasteiger charge is 2.20. The predicted octanol–water partition coefficient (Wildman–Crippen LogP) is 4.85. The van der Waals surface area contributed by atoms with E-state index in [1.54, 1.807) is 23.9 Å². The molecule has 1 heterocycles. The van der Waals surface area contributed by atoms with E-state index in [0.717, 1.165) is 16.7 Å². The van der Waals surface area contributed by atoms with Crippen molar-refractivity contribution in [2.75, 3.05) is 26.5 Å². The molecule has 0 fully saturated rings. The maximum atomic E-state index is 13.0. The average molecular weight is 421 g/mol. The Labute approximate surface area is 173 Å². The van der Waals surface area contributed by atoms with Crippen LogP contribution in [0.5, 0.6) is 5.75 Å². The Bertz CT molecular complexity index is 900. The molecule has 0 aliphatic carbocycles. The Kier molecular flexibility index (Phi) is 6.93. The molecule has 1 aromatic heterocycles. The van der Waals surface area contributed by atoms with Gasteiger partial charge in [0.05, 0.1) is 12.6 Å². The zero-order valence-corrected chi connectivity index (χ0v) is 17.5. The number of thioether (sulfide) groups is 1. The lowest BCUT2D eigenvalue weighted by atomic mass is 10.2. The summed E-state index contributed by atoms with van der Waals surface area (Å²) in [5.74, 6) is 1.90. The molecular formula is C20H22ClFN4OS. The summed E-state index contributed by atoms with van der Waals surface area (Å²) in [6, 6.07) is 13.7. The van der Waals surface area contributed by atoms with Crippen molar-refractivity contribution in [3.8, 4) is 11.4 Å². The third kappa shape index (κ3) is 5.04. The molecule has 8 heteroatoms. The number of hydrogen-bond donors (Lipinski definition) is 0. The molecule has 148 valence electrons. The number of halogens is 2. The molecule has 0 saturated carbocycles. The van der Waals surface area contributed by atoms with Crippen LogP contribution >= 0.6 is 23.4 Å². The summed E-state index contributed by atoms with van der Waals surface area (Å²) in [6.45, 7) is 2.56. The van der Waals surface area contributed by atoms with E-state index in [9.17, 15) is 4.39 Å². The third-order valence-corrected chi connectivity index (χ3v) is 5.43. The maximum absolute atomic E-state index is 13.0. The van der Waals surface area contributed by atoms with Crippen molar-refractivity contribution >= 4 is 23.4 Å². The summed E-state index contributed by atoms with van der Waals surface area (Å²) in [5, 5.41) is 10.3. The van der Waals surface area contributed by atoms with Crippen LogP contribution in [0.25, 0.3) is 5.69 Å². The molecule has 1 atom stereocenters. The second kappa shape index (κ2) is 9.41. The summed E-state index contributed by atoms with van der Waals surface area (Å²) in [7, 11) is 4.02. The first-order chi connectivity index (χ1) is 13.5. The van der Waals surface area contributed by atoms with Gasteiger partial charge in [0, 0.05) is 16.5 Å². The monoisotopic (exact) mass is 420 g/mol. The highest BCUT2D eigenvalue weighted by atomic mass is 35.5. The number of aromatic nitrogens is 3. The van der Waals surface area contributed by atoms with E-state index in [4.69, 9.17) is 16.3 Å². The Morgan fingerprint density at radius 1 is 1.11 bits per heavy atom. The van der Waals surface area contributed by atoms with Gasteiger partial charge in [-0.25, -0.2) is 4.39 Å². The van der Waals surface area contributed by atoms with E-state index in [-0.39, 0.29) is 11.9 Å². The Balaban J connectivity index is 1.74. The summed E-state index contributed by atoms with van der Waals surface area (Å²) in [6.07, 6.45) is 0. The highest BCUT2D eigenvalue weighted by Crippen LogP contribution is 2.27. The average Bonchev–Trinajstić information content (AvgIpc) is 3.10. The molecular weight excluding hydrogens is 399 g/mol. The lowest BCUT2D eigenvalue weighted by Crippen LogP contribution is -2.20. The van der Waals surface area contributed by atoms with Crippen molar-refractivity contribution in [2.24, 2.45) is 0 Å². The molecule has 28 heavy (non-hydrogen) atoms. The van der Waals surface area contributed by atoms with Crippen LogP contribution < -0.4 is 4.74 Å². The van der Waals surface area contributed by atoms with Gasteiger partial charge in [0.2, 0.25) is 0 Å². The van der Waals surface area contributed by atoms with Crippen LogP contribution in [0.2, 0.25) is 5.02 Å². The molecule has 3 aromatic rings. The topological polar surface area (TPSA) is 43.2 Å². The van der Waals surface area contributed by atoms with E-state index in [0.29, 0.717) is 23.1 Å². The van der Waals surface area contributed by atoms with Gasteiger partial charge < -0.3 is 4.74 Å². The van der Waals surface area contributed by atoms with Gasteiger partial charge in [-0.15, -0.1) is 10.2 Å². The molecule has 0 saturated heterocycles. The third-order valence-electron chi connectivity index (χ3n) is 4.29. The highest BCUT2D eigenvalue weighted by molar-refractivity contribution is 7.99. The lowest BCUT2D eigenvalue weighted by molar-refractivity contribution is 0.305. The van der Waals surface area contributed by atoms with E-state index in [1.165, 1.54) is 12.1 Å². The fraction of sp³-hybridized carbons (Fsp3) is 0.300. The summed E-state index contributed by atoms with van der Waals surface area (Å²) in [5.41, 5.74) is 0.958. The predicted molar refractivity (Wildman–Crippen MR) is 111 cm³/mol. The first-order valence-electron chi connectivity index (χ1n) is 8.84. The van der Waals surface area contributed by atoms with Crippen molar-refractivity contribution in [2.45, 2.75) is 18.1 Å². The molecule has 0 bridgehead atoms. The van der Waals surface area contributed by atoms with E-state index >= 15 is 0 Å². The molecule has 0 radical (unpaired) electrons. The van der Waals surface area contributed by atoms with Crippen molar-refractivity contribution in [1.82, 2.24) is 19.7 Å². The molecule has 0 spiro atoms. The summed E-state index contributed by atoms with van der Waals surface area (Å²) in [4.78, 5) is 2.09. The largest absolute Gasteiger partial charge is 0.493 e. The first-order valence-corrected chi connectivity index (χ1v) is 10.2. The Morgan fingerprint density at radius 3 is 2.43 bits per heavy atom. The smallest absolute Gasteiger partial charge is 0.196 e. The van der Waals surface area contributed by atoms with Crippen molar-refractivity contribution in [1.29, 1.82) is 0 Å². The minimum absolute atomic E-state index is 0.0907. The number of nitrogens with zero attached hydrogens (tertiary/aromatic N) is 4. The van der Waals surface area contributed by atoms with Gasteiger partial charge in [-0.1, -0.05) is 23.4 Å². The van der Waals surface area contributed by atoms with Gasteiger partial charge in [0.15, 0.2) is 11.0 Å². The quantitative estimate of drug-likeness (QED) is 0.385. The van der Waals surface area contributed by atoms with Crippen molar-refractivity contribution in [3.05, 3.63) is 65.2 Å². The van der Waals surface area contributed by atoms with Gasteiger partial charge in [-0.05, 0) is 69.6 Å². The van der Waals surface area contributed by atoms with Crippen LogP contribution in [0.3, 0.4) is 0 Å². The van der Waals surface area contributed by atoms with E-state index in [1.807, 2.05) is 42.9 Å². The van der Waals surface area contributed by atoms with Crippen molar-refractivity contribution in [3.63, 3.8) is 0 Å². The van der Waals surface area contributed by atoms with Crippen LogP contribution in [-0.2, 0) is 0 Å². The number of rotatable bonds is 8. The standard InChI is InChI=1S/C20H22ClFN4OS/c1-14(25(2)3)19-23-24-20(26(19)17-8-4-15(21)5-9-17)28-13-12-27-18-10-6-16(22)7-11-18/h4-11,14H,12-13H2,1-3H3/t14-/m0/s1. The summed E-state index contributed by atoms with van der Waals surface area (Å²) < 4.78 is 20.7. The minimum atomic E-state index is -0.277. The van der Waals surface area contributed by atoms with Crippen LogP contribution in [0.15, 0.2) is 53.7 Å². The SMILES string of the molecule is C[C@@H](c1nnc(SCCOc2ccc(F)cc2)n1-c1ccc(Cl)cc1)N(C)C. The maximum Gasteiger partial charge on any atom is 0.196 e.